The van der Waals surface area contributed by atoms with Gasteiger partial charge in [-0.2, -0.15) is 0 Å². The zero-order valence-corrected chi connectivity index (χ0v) is 13.6. The van der Waals surface area contributed by atoms with Gasteiger partial charge in [-0.15, -0.1) is 0 Å². The lowest BCUT2D eigenvalue weighted by Gasteiger charge is -2.30. The molecular formula is C16H22N2O5. The lowest BCUT2D eigenvalue weighted by Crippen LogP contribution is -2.43. The topological polar surface area (TPSA) is 99.7 Å². The van der Waals surface area contributed by atoms with Crippen molar-refractivity contribution in [2.75, 3.05) is 20.2 Å². The number of rotatable bonds is 4. The molecule has 0 saturated carbocycles. The van der Waals surface area contributed by atoms with Gasteiger partial charge in [0.1, 0.15) is 0 Å². The minimum atomic E-state index is -0.576. The number of aliphatic hydroxyl groups is 1. The second-order valence-corrected chi connectivity index (χ2v) is 5.84. The van der Waals surface area contributed by atoms with E-state index in [1.54, 1.807) is 11.8 Å². The number of hydrogen-bond donors (Lipinski definition) is 2. The van der Waals surface area contributed by atoms with Gasteiger partial charge in [-0.1, -0.05) is 0 Å². The highest BCUT2D eigenvalue weighted by molar-refractivity contribution is 6.01. The van der Waals surface area contributed by atoms with E-state index >= 15 is 0 Å². The summed E-state index contributed by atoms with van der Waals surface area (Å²) in [5.41, 5.74) is 1.42. The average Bonchev–Trinajstić information content (AvgIpc) is 2.83. The molecule has 2 heterocycles. The summed E-state index contributed by atoms with van der Waals surface area (Å²) < 4.78 is 4.76. The molecule has 2 N–H and O–H groups in total. The number of ketones is 1. The molecule has 1 aromatic rings. The largest absolute Gasteiger partial charge is 0.465 e. The van der Waals surface area contributed by atoms with Gasteiger partial charge in [0.05, 0.1) is 30.9 Å². The number of aromatic amines is 1. The number of carbonyl (C=O) groups is 3. The van der Waals surface area contributed by atoms with Crippen molar-refractivity contribution in [2.45, 2.75) is 39.2 Å². The normalized spacial score (nSPS) is 17.9. The van der Waals surface area contributed by atoms with Crippen LogP contribution in [0.1, 0.15) is 51.9 Å². The fourth-order valence-electron chi connectivity index (χ4n) is 2.97. The molecule has 126 valence electrons. The first kappa shape index (κ1) is 17.2. The van der Waals surface area contributed by atoms with Crippen LogP contribution < -0.4 is 0 Å². The van der Waals surface area contributed by atoms with E-state index in [0.717, 1.165) is 6.42 Å². The van der Waals surface area contributed by atoms with Crippen LogP contribution in [0.15, 0.2) is 0 Å². The molecule has 1 aromatic heterocycles. The van der Waals surface area contributed by atoms with Crippen molar-refractivity contribution in [1.29, 1.82) is 0 Å². The van der Waals surface area contributed by atoms with Crippen molar-refractivity contribution in [2.24, 2.45) is 0 Å². The van der Waals surface area contributed by atoms with Gasteiger partial charge in [0.15, 0.2) is 5.78 Å². The maximum absolute atomic E-state index is 12.4. The highest BCUT2D eigenvalue weighted by Gasteiger charge is 2.27. The number of likely N-dealkylation sites (tertiary alicyclic amines) is 1. The number of aliphatic hydroxyl groups excluding tert-OH is 1. The first-order valence-electron chi connectivity index (χ1n) is 7.61. The minimum Gasteiger partial charge on any atom is -0.465 e. The van der Waals surface area contributed by atoms with E-state index in [1.165, 1.54) is 14.0 Å². The van der Waals surface area contributed by atoms with Crippen LogP contribution in [0, 0.1) is 6.92 Å². The summed E-state index contributed by atoms with van der Waals surface area (Å²) in [5.74, 6) is -0.974. The highest BCUT2D eigenvalue weighted by Crippen LogP contribution is 2.22. The lowest BCUT2D eigenvalue weighted by atomic mass is 10.1. The third-order valence-electron chi connectivity index (χ3n) is 4.15. The van der Waals surface area contributed by atoms with Crippen LogP contribution in [0.4, 0.5) is 0 Å². The van der Waals surface area contributed by atoms with Crippen LogP contribution in [0.3, 0.4) is 0 Å². The Morgan fingerprint density at radius 1 is 1.39 bits per heavy atom. The highest BCUT2D eigenvalue weighted by atomic mass is 16.5. The standard InChI is InChI=1S/C16H22N2O5/c1-9-14(16(22)23-3)12(17-15(9)10(2)19)7-13(21)18-6-4-5-11(20)8-18/h11,17,20H,4-8H2,1-3H3/t11-/m0/s1. The summed E-state index contributed by atoms with van der Waals surface area (Å²) in [5, 5.41) is 9.68. The number of Topliss-reactive ketones (excluding diaryl/α,β-unsaturated/α-hetero) is 1. The molecule has 1 aliphatic rings. The molecule has 23 heavy (non-hydrogen) atoms. The van der Waals surface area contributed by atoms with E-state index < -0.39 is 12.1 Å². The van der Waals surface area contributed by atoms with Crippen LogP contribution in [-0.2, 0) is 16.0 Å². The Morgan fingerprint density at radius 3 is 2.65 bits per heavy atom. The van der Waals surface area contributed by atoms with Gasteiger partial charge < -0.3 is 19.7 Å². The summed E-state index contributed by atoms with van der Waals surface area (Å²) in [6.07, 6.45) is 0.892. The van der Waals surface area contributed by atoms with Gasteiger partial charge in [-0.25, -0.2) is 4.79 Å². The SMILES string of the molecule is COC(=O)c1c(CC(=O)N2CCC[C@H](O)C2)[nH]c(C(C)=O)c1C. The first-order chi connectivity index (χ1) is 10.8. The molecule has 0 unspecified atom stereocenters. The number of aromatic nitrogens is 1. The van der Waals surface area contributed by atoms with Gasteiger partial charge in [-0.3, -0.25) is 9.59 Å². The van der Waals surface area contributed by atoms with Crippen LogP contribution in [0.2, 0.25) is 0 Å². The Labute approximate surface area is 134 Å². The number of esters is 1. The minimum absolute atomic E-state index is 0.0364. The molecule has 0 bridgehead atoms. The van der Waals surface area contributed by atoms with Crippen molar-refractivity contribution in [3.8, 4) is 0 Å². The number of H-pyrrole nitrogens is 1. The molecule has 0 radical (unpaired) electrons. The predicted octanol–water partition coefficient (Wildman–Crippen LogP) is 0.838. The third kappa shape index (κ3) is 3.61. The van der Waals surface area contributed by atoms with E-state index in [2.05, 4.69) is 4.98 Å². The maximum atomic E-state index is 12.4. The quantitative estimate of drug-likeness (QED) is 0.632. The maximum Gasteiger partial charge on any atom is 0.339 e. The summed E-state index contributed by atoms with van der Waals surface area (Å²) in [4.78, 5) is 40.5. The van der Waals surface area contributed by atoms with Gasteiger partial charge in [0.25, 0.3) is 0 Å². The lowest BCUT2D eigenvalue weighted by molar-refractivity contribution is -0.133. The van der Waals surface area contributed by atoms with Crippen LogP contribution >= 0.6 is 0 Å². The van der Waals surface area contributed by atoms with Crippen molar-refractivity contribution in [3.05, 3.63) is 22.5 Å². The molecule has 1 atom stereocenters. The van der Waals surface area contributed by atoms with E-state index in [-0.39, 0.29) is 23.7 Å². The predicted molar refractivity (Wildman–Crippen MR) is 82.4 cm³/mol. The zero-order chi connectivity index (χ0) is 17.1. The number of amides is 1. The third-order valence-corrected chi connectivity index (χ3v) is 4.15. The van der Waals surface area contributed by atoms with Gasteiger partial charge in [-0.05, 0) is 25.3 Å². The molecule has 1 aliphatic heterocycles. The Bertz CT molecular complexity index is 635. The van der Waals surface area contributed by atoms with E-state index in [9.17, 15) is 19.5 Å². The summed E-state index contributed by atoms with van der Waals surface area (Å²) in [7, 11) is 1.26. The van der Waals surface area contributed by atoms with Crippen LogP contribution in [-0.4, -0.2) is 59.0 Å². The molecule has 0 spiro atoms. The van der Waals surface area contributed by atoms with E-state index in [4.69, 9.17) is 4.74 Å². The van der Waals surface area contributed by atoms with Crippen molar-refractivity contribution >= 4 is 17.7 Å². The Balaban J connectivity index is 2.27. The molecular weight excluding hydrogens is 300 g/mol. The summed E-state index contributed by atoms with van der Waals surface area (Å²) in [6, 6.07) is 0. The van der Waals surface area contributed by atoms with Gasteiger partial charge >= 0.3 is 5.97 Å². The van der Waals surface area contributed by atoms with E-state index in [1.807, 2.05) is 0 Å². The average molecular weight is 322 g/mol. The van der Waals surface area contributed by atoms with Crippen LogP contribution in [0.5, 0.6) is 0 Å². The summed E-state index contributed by atoms with van der Waals surface area (Å²) in [6.45, 7) is 3.93. The van der Waals surface area contributed by atoms with Crippen LogP contribution in [0.25, 0.3) is 0 Å². The zero-order valence-electron chi connectivity index (χ0n) is 13.6. The number of carbonyl (C=O) groups excluding carboxylic acids is 3. The molecule has 7 nitrogen and oxygen atoms in total. The van der Waals surface area contributed by atoms with Gasteiger partial charge in [0.2, 0.25) is 5.91 Å². The molecule has 1 saturated heterocycles. The number of hydrogen-bond acceptors (Lipinski definition) is 5. The second kappa shape index (κ2) is 6.95. The molecule has 1 amide bonds. The smallest absolute Gasteiger partial charge is 0.339 e. The number of ether oxygens (including phenoxy) is 1. The number of methoxy groups -OCH3 is 1. The Hall–Kier alpha value is -2.15. The second-order valence-electron chi connectivity index (χ2n) is 5.84. The fourth-order valence-corrected chi connectivity index (χ4v) is 2.97. The first-order valence-corrected chi connectivity index (χ1v) is 7.61. The van der Waals surface area contributed by atoms with Gasteiger partial charge in [0, 0.05) is 25.7 Å². The molecule has 2 rings (SSSR count). The molecule has 7 heteroatoms. The number of nitrogens with one attached hydrogen (secondary N) is 1. The summed E-state index contributed by atoms with van der Waals surface area (Å²) >= 11 is 0. The molecule has 0 aromatic carbocycles. The van der Waals surface area contributed by atoms with Crippen molar-refractivity contribution < 1.29 is 24.2 Å². The number of β-amino-alcohol motifs (C(OH)–C–C–N with tert-alkyl or cyclic N) is 1. The van der Waals surface area contributed by atoms with Crippen molar-refractivity contribution in [3.63, 3.8) is 0 Å². The number of piperidine rings is 1. The molecule has 0 aliphatic carbocycles. The number of nitrogens with zero attached hydrogens (tertiary/aromatic N) is 1. The van der Waals surface area contributed by atoms with Crippen molar-refractivity contribution in [1.82, 2.24) is 9.88 Å². The Kier molecular flexibility index (Phi) is 5.20. The Morgan fingerprint density at radius 2 is 2.09 bits per heavy atom. The molecule has 1 fully saturated rings. The fraction of sp³-hybridized carbons (Fsp3) is 0.562. The van der Waals surface area contributed by atoms with E-state index in [0.29, 0.717) is 36.5 Å². The monoisotopic (exact) mass is 322 g/mol.